The number of phosphoric acid groups is 2. The quantitative estimate of drug-likeness (QED) is 0.0169. The van der Waals surface area contributed by atoms with Crippen molar-refractivity contribution >= 4 is 39.5 Å². The van der Waals surface area contributed by atoms with Gasteiger partial charge in [-0.15, -0.1) is 0 Å². The second-order valence-electron chi connectivity index (χ2n) is 29.3. The van der Waals surface area contributed by atoms with E-state index in [9.17, 15) is 43.2 Å². The molecule has 3 N–H and O–H groups in total. The average molecular weight is 1450 g/mol. The maximum absolute atomic E-state index is 13.1. The molecule has 19 heteroatoms. The number of unbranched alkanes of at least 4 members (excludes halogenated alkanes) is 40. The molecule has 0 spiro atoms. The maximum atomic E-state index is 13.1. The van der Waals surface area contributed by atoms with E-state index >= 15 is 0 Å². The number of ether oxygens (including phenoxy) is 4. The van der Waals surface area contributed by atoms with Crippen molar-refractivity contribution < 1.29 is 80.2 Å². The molecule has 0 fully saturated rings. The summed E-state index contributed by atoms with van der Waals surface area (Å²) in [6.07, 6.45) is 60.5. The van der Waals surface area contributed by atoms with Gasteiger partial charge in [-0.25, -0.2) is 9.13 Å². The van der Waals surface area contributed by atoms with E-state index in [0.29, 0.717) is 25.7 Å². The normalized spacial score (nSPS) is 14.4. The molecule has 0 amide bonds. The second kappa shape index (κ2) is 69.9. The van der Waals surface area contributed by atoms with Crippen molar-refractivity contribution in [2.24, 2.45) is 17.8 Å². The Bertz CT molecular complexity index is 2020. The molecule has 0 aromatic rings. The van der Waals surface area contributed by atoms with Gasteiger partial charge in [-0.3, -0.25) is 37.3 Å². The van der Waals surface area contributed by atoms with Crippen molar-refractivity contribution in [3.05, 3.63) is 24.3 Å². The highest BCUT2D eigenvalue weighted by Gasteiger charge is 2.30. The zero-order valence-corrected chi connectivity index (χ0v) is 66.2. The lowest BCUT2D eigenvalue weighted by atomic mass is 10.00. The molecule has 0 radical (unpaired) electrons. The molecule has 0 heterocycles. The predicted molar refractivity (Wildman–Crippen MR) is 404 cm³/mol. The topological polar surface area (TPSA) is 237 Å². The van der Waals surface area contributed by atoms with Gasteiger partial charge in [0.1, 0.15) is 19.3 Å². The SMILES string of the molecule is CCCCCC/C=C\C=C/CCCCCCCC(=O)O[C@H](COC(=O)CCCCCCCCCCCCCCCC(C)C)COP(=O)(O)OC[C@@H](O)COP(=O)(O)OC[C@@H](COC(=O)CCCCCCCCC(C)CC)OC(=O)CCCCCCCCCCCCCCCCCC(C)C. The van der Waals surface area contributed by atoms with Crippen LogP contribution in [0.4, 0.5) is 0 Å². The van der Waals surface area contributed by atoms with Crippen molar-refractivity contribution in [2.75, 3.05) is 39.6 Å². The van der Waals surface area contributed by atoms with E-state index in [4.69, 9.17) is 37.0 Å². The van der Waals surface area contributed by atoms with Crippen molar-refractivity contribution in [3.8, 4) is 0 Å². The molecule has 6 atom stereocenters. The molecule has 0 aromatic carbocycles. The Labute approximate surface area is 605 Å². The first kappa shape index (κ1) is 96.5. The lowest BCUT2D eigenvalue weighted by Gasteiger charge is -2.21. The van der Waals surface area contributed by atoms with Gasteiger partial charge in [-0.1, -0.05) is 336 Å². The summed E-state index contributed by atoms with van der Waals surface area (Å²) in [7, 11) is -9.93. The fourth-order valence-corrected chi connectivity index (χ4v) is 13.3. The van der Waals surface area contributed by atoms with Gasteiger partial charge in [0.25, 0.3) is 0 Å². The molecule has 0 aliphatic rings. The van der Waals surface area contributed by atoms with Gasteiger partial charge in [0.15, 0.2) is 12.2 Å². The zero-order chi connectivity index (χ0) is 73.0. The minimum absolute atomic E-state index is 0.0849. The zero-order valence-electron chi connectivity index (χ0n) is 64.4. The number of phosphoric ester groups is 2. The fraction of sp³-hybridized carbons (Fsp3) is 0.900. The van der Waals surface area contributed by atoms with Crippen LogP contribution < -0.4 is 0 Å². The predicted octanol–water partition coefficient (Wildman–Crippen LogP) is 23.3. The molecule has 0 saturated carbocycles. The Morgan fingerprint density at radius 1 is 0.333 bits per heavy atom. The molecule has 0 bridgehead atoms. The molecule has 0 aromatic heterocycles. The molecule has 0 saturated heterocycles. The molecule has 0 aliphatic carbocycles. The van der Waals surface area contributed by atoms with Crippen LogP contribution >= 0.6 is 15.6 Å². The van der Waals surface area contributed by atoms with Gasteiger partial charge < -0.3 is 33.8 Å². The van der Waals surface area contributed by atoms with Gasteiger partial charge >= 0.3 is 39.5 Å². The summed E-state index contributed by atoms with van der Waals surface area (Å²) in [6, 6.07) is 0. The Kier molecular flexibility index (Phi) is 68.1. The van der Waals surface area contributed by atoms with Crippen LogP contribution in [0.5, 0.6) is 0 Å². The standard InChI is InChI=1S/C80H152O17P2/c1-8-10-11-12-13-14-15-16-18-24-30-35-40-49-56-63-79(84)96-75(67-90-77(82)61-54-47-39-34-29-26-21-23-28-33-38-45-52-59-72(5)6)69-94-98(86,87)92-65-74(81)66-93-99(88,89)95-70-76(68-91-78(83)62-55-48-43-42-46-53-60-73(7)9-2)97-80(85)64-57-50-41-36-31-25-20-17-19-22-27-32-37-44-51-58-71(3)4/h14-16,18,71-76,81H,8-13,17,19-70H2,1-7H3,(H,86,87)(H,88,89)/b15-14-,18-16-/t73?,74-,75-,76-/m1/s1. The molecular formula is C80H152O17P2. The van der Waals surface area contributed by atoms with Gasteiger partial charge in [0, 0.05) is 25.7 Å². The van der Waals surface area contributed by atoms with Crippen LogP contribution in [0.1, 0.15) is 389 Å². The number of rotatable bonds is 76. The Balaban J connectivity index is 5.27. The van der Waals surface area contributed by atoms with Crippen LogP contribution in [0.25, 0.3) is 0 Å². The summed E-state index contributed by atoms with van der Waals surface area (Å²) >= 11 is 0. The monoisotopic (exact) mass is 1450 g/mol. The van der Waals surface area contributed by atoms with E-state index < -0.39 is 97.5 Å². The fourth-order valence-electron chi connectivity index (χ4n) is 11.7. The first-order chi connectivity index (χ1) is 47.8. The number of carbonyl (C=O) groups is 4. The number of aliphatic hydroxyl groups excluding tert-OH is 1. The number of allylic oxidation sites excluding steroid dienone is 4. The van der Waals surface area contributed by atoms with Crippen LogP contribution in [-0.4, -0.2) is 96.7 Å². The lowest BCUT2D eigenvalue weighted by Crippen LogP contribution is -2.30. The van der Waals surface area contributed by atoms with Gasteiger partial charge in [-0.2, -0.15) is 0 Å². The highest BCUT2D eigenvalue weighted by molar-refractivity contribution is 7.47. The van der Waals surface area contributed by atoms with Crippen LogP contribution in [0.15, 0.2) is 24.3 Å². The summed E-state index contributed by atoms with van der Waals surface area (Å²) in [5.74, 6) is 0.176. The number of hydrogen-bond acceptors (Lipinski definition) is 15. The van der Waals surface area contributed by atoms with Crippen molar-refractivity contribution in [2.45, 2.75) is 407 Å². The van der Waals surface area contributed by atoms with Gasteiger partial charge in [0.2, 0.25) is 0 Å². The van der Waals surface area contributed by atoms with E-state index in [1.807, 2.05) is 0 Å². The van der Waals surface area contributed by atoms with E-state index in [0.717, 1.165) is 127 Å². The number of aliphatic hydroxyl groups is 1. The summed E-state index contributed by atoms with van der Waals surface area (Å²) < 4.78 is 68.6. The Hall–Kier alpha value is -2.46. The van der Waals surface area contributed by atoms with Gasteiger partial charge in [-0.05, 0) is 69.1 Å². The van der Waals surface area contributed by atoms with E-state index in [-0.39, 0.29) is 25.7 Å². The third-order valence-corrected chi connectivity index (χ3v) is 20.3. The number of hydrogen-bond donors (Lipinski definition) is 3. The minimum atomic E-state index is -4.97. The smallest absolute Gasteiger partial charge is 0.462 e. The maximum Gasteiger partial charge on any atom is 0.472 e. The van der Waals surface area contributed by atoms with Crippen LogP contribution in [0.3, 0.4) is 0 Å². The molecule has 0 rings (SSSR count). The average Bonchev–Trinajstić information content (AvgIpc) is 1.19. The summed E-state index contributed by atoms with van der Waals surface area (Å²) in [6.45, 7) is 11.9. The summed E-state index contributed by atoms with van der Waals surface area (Å²) in [5, 5.41) is 10.6. The third kappa shape index (κ3) is 72.3. The van der Waals surface area contributed by atoms with E-state index in [1.165, 1.54) is 180 Å². The highest BCUT2D eigenvalue weighted by atomic mass is 31.2. The van der Waals surface area contributed by atoms with Gasteiger partial charge in [0.05, 0.1) is 26.4 Å². The number of carbonyl (C=O) groups excluding carboxylic acids is 4. The summed E-state index contributed by atoms with van der Waals surface area (Å²) in [4.78, 5) is 73.0. The molecular weight excluding hydrogens is 1290 g/mol. The highest BCUT2D eigenvalue weighted by Crippen LogP contribution is 2.45. The molecule has 0 aliphatic heterocycles. The molecule has 17 nitrogen and oxygen atoms in total. The van der Waals surface area contributed by atoms with Crippen molar-refractivity contribution in [1.82, 2.24) is 0 Å². The van der Waals surface area contributed by atoms with Crippen LogP contribution in [-0.2, 0) is 65.4 Å². The van der Waals surface area contributed by atoms with Crippen molar-refractivity contribution in [1.29, 1.82) is 0 Å². The molecule has 99 heavy (non-hydrogen) atoms. The number of esters is 4. The van der Waals surface area contributed by atoms with Crippen LogP contribution in [0, 0.1) is 17.8 Å². The third-order valence-electron chi connectivity index (χ3n) is 18.4. The Morgan fingerprint density at radius 3 is 0.899 bits per heavy atom. The Morgan fingerprint density at radius 2 is 0.596 bits per heavy atom. The molecule has 3 unspecified atom stereocenters. The lowest BCUT2D eigenvalue weighted by molar-refractivity contribution is -0.161. The van der Waals surface area contributed by atoms with E-state index in [1.54, 1.807) is 0 Å². The first-order valence-corrected chi connectivity index (χ1v) is 43.7. The van der Waals surface area contributed by atoms with E-state index in [2.05, 4.69) is 72.8 Å². The largest absolute Gasteiger partial charge is 0.472 e. The first-order valence-electron chi connectivity index (χ1n) is 40.7. The summed E-state index contributed by atoms with van der Waals surface area (Å²) in [5.41, 5.74) is 0. The van der Waals surface area contributed by atoms with Crippen molar-refractivity contribution in [3.63, 3.8) is 0 Å². The second-order valence-corrected chi connectivity index (χ2v) is 32.2. The van der Waals surface area contributed by atoms with Crippen LogP contribution in [0.2, 0.25) is 0 Å². The minimum Gasteiger partial charge on any atom is -0.462 e. The molecule has 584 valence electrons.